The molecule has 5 N–H and O–H groups in total. The number of hydrogen-bond donors (Lipinski definition) is 4. The third-order valence-corrected chi connectivity index (χ3v) is 12.3. The number of carbonyl (C=O) groups is 1. The largest absolute Gasteiger partial charge is 0.376 e. The fraction of sp³-hybridized carbons (Fsp3) is 0.755. The highest BCUT2D eigenvalue weighted by atomic mass is 32.2. The molecule has 0 unspecified atom stereocenters. The first-order valence-electron chi connectivity index (χ1n) is 21.6. The molecule has 0 aromatic heterocycles. The maximum atomic E-state index is 11.4. The zero-order chi connectivity index (χ0) is 47.2. The third kappa shape index (κ3) is 36.5. The number of amides is 1. The Kier molecular flexibility index (Phi) is 42.4. The normalized spacial score (nSPS) is 10.4. The molecule has 0 aliphatic carbocycles. The molecular formula is C49H96N4OS4. The smallest absolute Gasteiger partial charge is 0.222 e. The van der Waals surface area contributed by atoms with Crippen LogP contribution in [0.4, 0.5) is 0 Å². The lowest BCUT2D eigenvalue weighted by atomic mass is 9.98. The molecular weight excluding hydrogens is 789 g/mol. The maximum Gasteiger partial charge on any atom is 0.222 e. The van der Waals surface area contributed by atoms with Crippen molar-refractivity contribution in [3.8, 4) is 0 Å². The molecule has 58 heavy (non-hydrogen) atoms. The Labute approximate surface area is 383 Å². The van der Waals surface area contributed by atoms with Crippen LogP contribution in [0.5, 0.6) is 0 Å². The van der Waals surface area contributed by atoms with Gasteiger partial charge in [-0.25, -0.2) is 0 Å². The van der Waals surface area contributed by atoms with E-state index in [2.05, 4.69) is 168 Å². The summed E-state index contributed by atoms with van der Waals surface area (Å²) in [5.41, 5.74) is 16.6. The predicted molar refractivity (Wildman–Crippen MR) is 282 cm³/mol. The van der Waals surface area contributed by atoms with Crippen molar-refractivity contribution in [3.63, 3.8) is 0 Å². The van der Waals surface area contributed by atoms with Gasteiger partial charge >= 0.3 is 0 Å². The molecule has 0 atom stereocenters. The van der Waals surface area contributed by atoms with Gasteiger partial charge in [-0.3, -0.25) is 4.79 Å². The Hall–Kier alpha value is -1.39. The molecule has 0 rings (SSSR count). The second kappa shape index (κ2) is 37.4. The molecule has 0 saturated heterocycles. The summed E-state index contributed by atoms with van der Waals surface area (Å²) in [5.74, 6) is 3.96. The Morgan fingerprint density at radius 1 is 0.431 bits per heavy atom. The highest BCUT2D eigenvalue weighted by molar-refractivity contribution is 8.22. The molecule has 0 radical (unpaired) electrons. The molecule has 0 aliphatic rings. The van der Waals surface area contributed by atoms with Crippen molar-refractivity contribution >= 4 is 68.5 Å². The second-order valence-corrected chi connectivity index (χ2v) is 20.6. The number of rotatable bonds is 15. The summed E-state index contributed by atoms with van der Waals surface area (Å²) in [6, 6.07) is 0. The van der Waals surface area contributed by atoms with Gasteiger partial charge in [0.25, 0.3) is 0 Å². The molecule has 0 aliphatic heterocycles. The topological polar surface area (TPSA) is 79.2 Å². The first-order valence-corrected chi connectivity index (χ1v) is 24.1. The fourth-order valence-corrected chi connectivity index (χ4v) is 5.90. The van der Waals surface area contributed by atoms with E-state index in [0.29, 0.717) is 54.5 Å². The van der Waals surface area contributed by atoms with Crippen LogP contribution >= 0.6 is 48.4 Å². The summed E-state index contributed by atoms with van der Waals surface area (Å²) in [7, 11) is 0. The number of thioether (sulfide) groups is 1. The van der Waals surface area contributed by atoms with Gasteiger partial charge in [0.2, 0.25) is 5.91 Å². The molecule has 0 bridgehead atoms. The number of hydrogen-bond acceptors (Lipinski definition) is 6. The van der Waals surface area contributed by atoms with E-state index in [1.165, 1.54) is 44.6 Å². The minimum absolute atomic E-state index is 0.0700. The number of thiocarbonyl (C=S) groups is 3. The zero-order valence-electron chi connectivity index (χ0n) is 42.6. The van der Waals surface area contributed by atoms with E-state index in [4.69, 9.17) is 42.4 Å². The molecule has 342 valence electrons. The van der Waals surface area contributed by atoms with Crippen LogP contribution < -0.4 is 21.7 Å². The lowest BCUT2D eigenvalue weighted by molar-refractivity contribution is -0.123. The molecule has 0 spiro atoms. The Bertz CT molecular complexity index is 1180. The van der Waals surface area contributed by atoms with Crippen molar-refractivity contribution in [1.29, 1.82) is 0 Å². The average Bonchev–Trinajstić information content (AvgIpc) is 3.07. The van der Waals surface area contributed by atoms with Crippen LogP contribution in [0.15, 0.2) is 44.6 Å². The SMILES string of the molecule is CC(C)=C(CN)C(C)C.CC(C)=C(CNC(=O)C(C)C)C(C)C.CC(C)=C(CNC(=S)C(C)C)C(C)C.CC(C)=C(CNC(=S)C(C)C)C(C)C.CSC(=S)C(C)C. The summed E-state index contributed by atoms with van der Waals surface area (Å²) in [6.45, 7) is 54.3. The summed E-state index contributed by atoms with van der Waals surface area (Å²) in [6.07, 6.45) is 2.02. The van der Waals surface area contributed by atoms with Crippen LogP contribution in [-0.4, -0.2) is 52.5 Å². The van der Waals surface area contributed by atoms with Gasteiger partial charge in [-0.2, -0.15) is 0 Å². The van der Waals surface area contributed by atoms with Crippen LogP contribution in [0, 0.1) is 47.3 Å². The van der Waals surface area contributed by atoms with Crippen molar-refractivity contribution in [1.82, 2.24) is 16.0 Å². The summed E-state index contributed by atoms with van der Waals surface area (Å²) >= 11 is 17.1. The van der Waals surface area contributed by atoms with Crippen molar-refractivity contribution in [2.75, 3.05) is 32.4 Å². The first kappa shape index (κ1) is 65.7. The average molecular weight is 886 g/mol. The maximum absolute atomic E-state index is 11.4. The minimum atomic E-state index is 0.0700. The van der Waals surface area contributed by atoms with E-state index < -0.39 is 0 Å². The Balaban J connectivity index is -0.000000206. The summed E-state index contributed by atoms with van der Waals surface area (Å²) in [4.78, 5) is 13.3. The highest BCUT2D eigenvalue weighted by Gasteiger charge is 2.11. The second-order valence-electron chi connectivity index (χ2n) is 18.2. The Morgan fingerprint density at radius 2 is 0.690 bits per heavy atom. The number of nitrogens with two attached hydrogens (primary N) is 1. The minimum Gasteiger partial charge on any atom is -0.376 e. The Morgan fingerprint density at radius 3 is 0.810 bits per heavy atom. The van der Waals surface area contributed by atoms with Crippen molar-refractivity contribution in [3.05, 3.63) is 44.6 Å². The van der Waals surface area contributed by atoms with Crippen LogP contribution in [0.3, 0.4) is 0 Å². The fourth-order valence-electron chi connectivity index (χ4n) is 5.29. The molecule has 0 aromatic rings. The van der Waals surface area contributed by atoms with Gasteiger partial charge in [-0.15, -0.1) is 11.8 Å². The molecule has 1 amide bonds. The molecule has 0 aromatic carbocycles. The predicted octanol–water partition coefficient (Wildman–Crippen LogP) is 14.1. The molecule has 0 saturated carbocycles. The van der Waals surface area contributed by atoms with Gasteiger partial charge in [0.05, 0.1) is 14.2 Å². The molecule has 0 heterocycles. The van der Waals surface area contributed by atoms with E-state index >= 15 is 0 Å². The zero-order valence-corrected chi connectivity index (χ0v) is 45.8. The van der Waals surface area contributed by atoms with Crippen molar-refractivity contribution in [2.45, 2.75) is 166 Å². The number of nitrogens with one attached hydrogen (secondary N) is 3. The lowest BCUT2D eigenvalue weighted by Gasteiger charge is -2.17. The van der Waals surface area contributed by atoms with E-state index in [1.54, 1.807) is 11.8 Å². The van der Waals surface area contributed by atoms with Crippen molar-refractivity contribution < 1.29 is 4.79 Å². The van der Waals surface area contributed by atoms with Crippen LogP contribution in [0.25, 0.3) is 0 Å². The monoisotopic (exact) mass is 885 g/mol. The number of carbonyl (C=O) groups excluding carboxylic acids is 1. The third-order valence-electron chi connectivity index (χ3n) is 9.18. The lowest BCUT2D eigenvalue weighted by Crippen LogP contribution is -2.30. The van der Waals surface area contributed by atoms with Crippen LogP contribution in [0.1, 0.15) is 166 Å². The summed E-state index contributed by atoms with van der Waals surface area (Å²) in [5, 5.41) is 9.58. The van der Waals surface area contributed by atoms with Crippen LogP contribution in [-0.2, 0) is 4.79 Å². The first-order chi connectivity index (χ1) is 26.3. The highest BCUT2D eigenvalue weighted by Crippen LogP contribution is 2.16. The van der Waals surface area contributed by atoms with Gasteiger partial charge in [0.1, 0.15) is 0 Å². The van der Waals surface area contributed by atoms with Crippen molar-refractivity contribution in [2.24, 2.45) is 53.1 Å². The van der Waals surface area contributed by atoms with Gasteiger partial charge in [0.15, 0.2) is 0 Å². The van der Waals surface area contributed by atoms with Gasteiger partial charge in [-0.05, 0) is 108 Å². The molecule has 9 heteroatoms. The van der Waals surface area contributed by atoms with E-state index in [9.17, 15) is 4.79 Å². The summed E-state index contributed by atoms with van der Waals surface area (Å²) < 4.78 is 1.10. The van der Waals surface area contributed by atoms with Gasteiger partial charge in [-0.1, -0.05) is 175 Å². The quantitative estimate of drug-likeness (QED) is 0.0957. The molecule has 5 nitrogen and oxygen atoms in total. The van der Waals surface area contributed by atoms with Gasteiger partial charge < -0.3 is 21.7 Å². The number of allylic oxidation sites excluding steroid dienone is 4. The van der Waals surface area contributed by atoms with E-state index in [-0.39, 0.29) is 11.8 Å². The van der Waals surface area contributed by atoms with E-state index in [0.717, 1.165) is 27.3 Å². The van der Waals surface area contributed by atoms with E-state index in [1.807, 2.05) is 20.1 Å². The van der Waals surface area contributed by atoms with Crippen LogP contribution in [0.2, 0.25) is 0 Å². The molecule has 0 fully saturated rings. The standard InChI is InChI=1S/C12H23NO.2C12H23NS.C8H17N.C5H10S2/c3*1-8(2)11(9(3)4)7-13-12(14)10(5)6;1-6(2)8(5-9)7(3)4;1-4(2)5(6)7-3/h3*8,10H,7H2,1-6H3,(H,13,14);6H,5,9H2,1-4H3;4H,1-3H3. The van der Waals surface area contributed by atoms with Gasteiger partial charge in [0, 0.05) is 43.9 Å².